The van der Waals surface area contributed by atoms with Crippen LogP contribution in [-0.4, -0.2) is 18.0 Å². The Morgan fingerprint density at radius 3 is 2.68 bits per heavy atom. The summed E-state index contributed by atoms with van der Waals surface area (Å²) in [6.07, 6.45) is -0.125. The molecule has 1 aromatic carbocycles. The number of hydrogen-bond acceptors (Lipinski definition) is 5. The molecule has 0 aliphatic carbocycles. The van der Waals surface area contributed by atoms with Crippen molar-refractivity contribution in [1.29, 1.82) is 5.26 Å². The summed E-state index contributed by atoms with van der Waals surface area (Å²) in [6, 6.07) is 8.29. The number of nitrogens with zero attached hydrogens (tertiary/aromatic N) is 1. The van der Waals surface area contributed by atoms with Crippen LogP contribution in [0.2, 0.25) is 5.02 Å². The number of rotatable bonds is 5. The van der Waals surface area contributed by atoms with Gasteiger partial charge < -0.3 is 10.1 Å². The minimum Gasteiger partial charge on any atom is -0.448 e. The molecule has 2 aromatic rings. The fraction of sp³-hybridized carbons (Fsp3) is 0.278. The van der Waals surface area contributed by atoms with Crippen molar-refractivity contribution in [3.63, 3.8) is 0 Å². The third kappa shape index (κ3) is 4.59. The van der Waals surface area contributed by atoms with Crippen molar-refractivity contribution in [1.82, 2.24) is 0 Å². The summed E-state index contributed by atoms with van der Waals surface area (Å²) in [6.45, 7) is 5.47. The topological polar surface area (TPSA) is 79.2 Å². The van der Waals surface area contributed by atoms with Crippen molar-refractivity contribution in [2.75, 3.05) is 5.32 Å². The Labute approximate surface area is 155 Å². The van der Waals surface area contributed by atoms with E-state index in [2.05, 4.69) is 5.32 Å². The summed E-state index contributed by atoms with van der Waals surface area (Å²) in [5.41, 5.74) is 1.84. The lowest BCUT2D eigenvalue weighted by Crippen LogP contribution is -2.29. The van der Waals surface area contributed by atoms with Gasteiger partial charge in [0, 0.05) is 10.6 Å². The van der Waals surface area contributed by atoms with E-state index in [0.29, 0.717) is 16.1 Å². The Hall–Kier alpha value is -2.36. The van der Waals surface area contributed by atoms with Crippen LogP contribution in [-0.2, 0) is 16.0 Å². The molecule has 0 saturated carbocycles. The first kappa shape index (κ1) is 19.0. The zero-order valence-electron chi connectivity index (χ0n) is 14.1. The zero-order chi connectivity index (χ0) is 18.6. The summed E-state index contributed by atoms with van der Waals surface area (Å²) in [5.74, 6) is -0.994. The van der Waals surface area contributed by atoms with E-state index in [4.69, 9.17) is 21.6 Å². The second kappa shape index (κ2) is 8.15. The van der Waals surface area contributed by atoms with E-state index in [1.807, 2.05) is 19.9 Å². The summed E-state index contributed by atoms with van der Waals surface area (Å²) < 4.78 is 5.23. The van der Waals surface area contributed by atoms with Gasteiger partial charge in [0.05, 0.1) is 10.6 Å². The van der Waals surface area contributed by atoms with Crippen molar-refractivity contribution < 1.29 is 14.3 Å². The van der Waals surface area contributed by atoms with E-state index in [0.717, 1.165) is 16.9 Å². The SMILES string of the molecule is CCc1cc(C(=O)O[C@@H](C)C(=O)Nc2ccc(C#N)c(Cl)c2)sc1C. The first-order chi connectivity index (χ1) is 11.8. The van der Waals surface area contributed by atoms with Gasteiger partial charge in [0.25, 0.3) is 5.91 Å². The van der Waals surface area contributed by atoms with Crippen LogP contribution in [0, 0.1) is 18.3 Å². The first-order valence-corrected chi connectivity index (χ1v) is 8.86. The molecule has 0 unspecified atom stereocenters. The van der Waals surface area contributed by atoms with Crippen molar-refractivity contribution in [3.05, 3.63) is 50.2 Å². The smallest absolute Gasteiger partial charge is 0.349 e. The molecule has 2 rings (SSSR count). The highest BCUT2D eigenvalue weighted by atomic mass is 35.5. The molecular formula is C18H17ClN2O3S. The van der Waals surface area contributed by atoms with E-state index >= 15 is 0 Å². The van der Waals surface area contributed by atoms with Gasteiger partial charge in [0.1, 0.15) is 10.9 Å². The largest absolute Gasteiger partial charge is 0.448 e. The molecule has 1 heterocycles. The number of benzene rings is 1. The monoisotopic (exact) mass is 376 g/mol. The number of carbonyl (C=O) groups is 2. The van der Waals surface area contributed by atoms with Crippen LogP contribution in [0.3, 0.4) is 0 Å². The fourth-order valence-corrected chi connectivity index (χ4v) is 3.39. The van der Waals surface area contributed by atoms with Crippen LogP contribution in [0.15, 0.2) is 24.3 Å². The fourth-order valence-electron chi connectivity index (χ4n) is 2.17. The number of halogens is 1. The van der Waals surface area contributed by atoms with Gasteiger partial charge in [-0.05, 0) is 50.1 Å². The van der Waals surface area contributed by atoms with Gasteiger partial charge in [-0.25, -0.2) is 4.79 Å². The lowest BCUT2D eigenvalue weighted by Gasteiger charge is -2.13. The molecule has 0 aliphatic heterocycles. The highest BCUT2D eigenvalue weighted by Crippen LogP contribution is 2.24. The molecule has 0 spiro atoms. The van der Waals surface area contributed by atoms with Gasteiger partial charge in [0.15, 0.2) is 6.10 Å². The van der Waals surface area contributed by atoms with Crippen LogP contribution in [0.1, 0.15) is 39.5 Å². The average molecular weight is 377 g/mol. The number of aryl methyl sites for hydroxylation is 2. The number of nitriles is 1. The standard InChI is InChI=1S/C18H17ClN2O3S/c1-4-12-7-16(25-11(12)3)18(23)24-10(2)17(22)21-14-6-5-13(9-20)15(19)8-14/h5-8,10H,4H2,1-3H3,(H,21,22)/t10-/m0/s1. The van der Waals surface area contributed by atoms with E-state index in [9.17, 15) is 9.59 Å². The predicted molar refractivity (Wildman–Crippen MR) is 98.1 cm³/mol. The molecule has 25 heavy (non-hydrogen) atoms. The molecule has 0 fully saturated rings. The number of ether oxygens (including phenoxy) is 1. The minimum atomic E-state index is -0.964. The lowest BCUT2D eigenvalue weighted by molar-refractivity contribution is -0.123. The molecule has 0 radical (unpaired) electrons. The number of nitrogens with one attached hydrogen (secondary N) is 1. The lowest BCUT2D eigenvalue weighted by atomic mass is 10.2. The highest BCUT2D eigenvalue weighted by molar-refractivity contribution is 7.14. The van der Waals surface area contributed by atoms with Crippen LogP contribution in [0.25, 0.3) is 0 Å². The van der Waals surface area contributed by atoms with E-state index < -0.39 is 18.0 Å². The summed E-state index contributed by atoms with van der Waals surface area (Å²) in [7, 11) is 0. The molecule has 1 amide bonds. The maximum Gasteiger partial charge on any atom is 0.349 e. The quantitative estimate of drug-likeness (QED) is 0.788. The number of esters is 1. The van der Waals surface area contributed by atoms with Crippen LogP contribution < -0.4 is 5.32 Å². The summed E-state index contributed by atoms with van der Waals surface area (Å²) in [4.78, 5) is 25.9. The summed E-state index contributed by atoms with van der Waals surface area (Å²) in [5, 5.41) is 11.7. The second-order valence-corrected chi connectivity index (χ2v) is 7.05. The third-order valence-electron chi connectivity index (χ3n) is 3.61. The third-order valence-corrected chi connectivity index (χ3v) is 5.00. The normalized spacial score (nSPS) is 11.5. The molecule has 1 atom stereocenters. The number of thiophene rings is 1. The number of amides is 1. The molecule has 1 N–H and O–H groups in total. The number of anilines is 1. The van der Waals surface area contributed by atoms with Gasteiger partial charge in [-0.15, -0.1) is 11.3 Å². The van der Waals surface area contributed by atoms with Crippen LogP contribution in [0.4, 0.5) is 5.69 Å². The maximum atomic E-state index is 12.2. The van der Waals surface area contributed by atoms with E-state index in [1.165, 1.54) is 30.4 Å². The van der Waals surface area contributed by atoms with Crippen LogP contribution >= 0.6 is 22.9 Å². The van der Waals surface area contributed by atoms with Crippen molar-refractivity contribution in [2.45, 2.75) is 33.3 Å². The molecule has 0 saturated heterocycles. The Morgan fingerprint density at radius 1 is 1.40 bits per heavy atom. The molecule has 0 bridgehead atoms. The minimum absolute atomic E-state index is 0.242. The van der Waals surface area contributed by atoms with Crippen molar-refractivity contribution >= 4 is 40.5 Å². The Bertz CT molecular complexity index is 854. The van der Waals surface area contributed by atoms with Crippen molar-refractivity contribution in [3.8, 4) is 6.07 Å². The Morgan fingerprint density at radius 2 is 2.12 bits per heavy atom. The Balaban J connectivity index is 2.01. The second-order valence-electron chi connectivity index (χ2n) is 5.39. The van der Waals surface area contributed by atoms with Gasteiger partial charge >= 0.3 is 5.97 Å². The van der Waals surface area contributed by atoms with Gasteiger partial charge in [-0.3, -0.25) is 4.79 Å². The molecule has 5 nitrogen and oxygen atoms in total. The molecule has 0 aliphatic rings. The summed E-state index contributed by atoms with van der Waals surface area (Å²) >= 11 is 7.29. The number of carbonyl (C=O) groups excluding carboxylic acids is 2. The molecular weight excluding hydrogens is 360 g/mol. The molecule has 130 valence electrons. The van der Waals surface area contributed by atoms with Gasteiger partial charge in [0.2, 0.25) is 0 Å². The number of hydrogen-bond donors (Lipinski definition) is 1. The van der Waals surface area contributed by atoms with E-state index in [-0.39, 0.29) is 5.02 Å². The average Bonchev–Trinajstić information content (AvgIpc) is 2.96. The first-order valence-electron chi connectivity index (χ1n) is 7.66. The highest BCUT2D eigenvalue weighted by Gasteiger charge is 2.21. The van der Waals surface area contributed by atoms with Crippen LogP contribution in [0.5, 0.6) is 0 Å². The zero-order valence-corrected chi connectivity index (χ0v) is 15.6. The predicted octanol–water partition coefficient (Wildman–Crippen LogP) is 4.33. The Kier molecular flexibility index (Phi) is 6.18. The van der Waals surface area contributed by atoms with Crippen molar-refractivity contribution in [2.24, 2.45) is 0 Å². The maximum absolute atomic E-state index is 12.2. The van der Waals surface area contributed by atoms with Gasteiger partial charge in [-0.1, -0.05) is 18.5 Å². The van der Waals surface area contributed by atoms with E-state index in [1.54, 1.807) is 12.1 Å². The van der Waals surface area contributed by atoms with Gasteiger partial charge in [-0.2, -0.15) is 5.26 Å². The molecule has 1 aromatic heterocycles. The molecule has 7 heteroatoms.